The third-order valence-corrected chi connectivity index (χ3v) is 6.41. The number of rotatable bonds is 0. The number of hydrogen-bond acceptors (Lipinski definition) is 4. The van der Waals surface area contributed by atoms with E-state index in [0.29, 0.717) is 23.8 Å². The van der Waals surface area contributed by atoms with Crippen LogP contribution in [0.3, 0.4) is 0 Å². The van der Waals surface area contributed by atoms with E-state index in [1.54, 1.807) is 25.1 Å². The van der Waals surface area contributed by atoms with Crippen molar-refractivity contribution in [3.63, 3.8) is 0 Å². The molecule has 1 saturated heterocycles. The van der Waals surface area contributed by atoms with Crippen LogP contribution in [0.4, 0.5) is 16.2 Å². The quantitative estimate of drug-likeness (QED) is 0.682. The number of pyridine rings is 1. The van der Waals surface area contributed by atoms with Gasteiger partial charge in [0.15, 0.2) is 0 Å². The van der Waals surface area contributed by atoms with Gasteiger partial charge >= 0.3 is 6.09 Å². The Kier molecular flexibility index (Phi) is 3.82. The minimum absolute atomic E-state index is 0.110. The fourth-order valence-electron chi connectivity index (χ4n) is 3.87. The number of halogens is 2. The van der Waals surface area contributed by atoms with Gasteiger partial charge in [-0.05, 0) is 35.0 Å². The fraction of sp³-hybridized carbons (Fsp3) is 0.353. The maximum absolute atomic E-state index is 13.1. The summed E-state index contributed by atoms with van der Waals surface area (Å²) in [5, 5.41) is 10.8. The SMILES string of the molecule is CN1C(=O)C2(C)CN(C(=O)O)CCN2c2c1cnc1cc(Br)c(Cl)cc21. The van der Waals surface area contributed by atoms with Crippen molar-refractivity contribution in [1.82, 2.24) is 9.88 Å². The first-order chi connectivity index (χ1) is 12.2. The molecule has 2 amide bonds. The van der Waals surface area contributed by atoms with Crippen molar-refractivity contribution >= 4 is 61.8 Å². The van der Waals surface area contributed by atoms with Crippen LogP contribution in [-0.2, 0) is 4.79 Å². The number of carboxylic acid groups (broad SMARTS) is 1. The van der Waals surface area contributed by atoms with E-state index in [1.807, 2.05) is 17.0 Å². The first-order valence-corrected chi connectivity index (χ1v) is 9.22. The van der Waals surface area contributed by atoms with Crippen LogP contribution in [0.25, 0.3) is 10.9 Å². The summed E-state index contributed by atoms with van der Waals surface area (Å²) >= 11 is 9.73. The second-order valence-electron chi connectivity index (χ2n) is 6.77. The molecule has 9 heteroatoms. The van der Waals surface area contributed by atoms with Crippen LogP contribution in [-0.4, -0.2) is 59.2 Å². The molecule has 1 unspecified atom stereocenters. The molecule has 1 aromatic carbocycles. The molecule has 26 heavy (non-hydrogen) atoms. The van der Waals surface area contributed by atoms with Crippen molar-refractivity contribution < 1.29 is 14.7 Å². The van der Waals surface area contributed by atoms with Crippen molar-refractivity contribution in [2.24, 2.45) is 0 Å². The van der Waals surface area contributed by atoms with E-state index in [-0.39, 0.29) is 12.5 Å². The Morgan fingerprint density at radius 3 is 2.81 bits per heavy atom. The summed E-state index contributed by atoms with van der Waals surface area (Å²) < 4.78 is 0.748. The Labute approximate surface area is 163 Å². The molecule has 0 bridgehead atoms. The highest BCUT2D eigenvalue weighted by molar-refractivity contribution is 9.10. The summed E-state index contributed by atoms with van der Waals surface area (Å²) in [6, 6.07) is 3.68. The maximum atomic E-state index is 13.1. The topological polar surface area (TPSA) is 77.0 Å². The largest absolute Gasteiger partial charge is 0.465 e. The lowest BCUT2D eigenvalue weighted by atomic mass is 9.89. The van der Waals surface area contributed by atoms with Crippen LogP contribution in [0.5, 0.6) is 0 Å². The minimum atomic E-state index is -1.02. The van der Waals surface area contributed by atoms with Crippen LogP contribution >= 0.6 is 27.5 Å². The van der Waals surface area contributed by atoms with Gasteiger partial charge in [-0.2, -0.15) is 0 Å². The molecule has 2 aliphatic rings. The van der Waals surface area contributed by atoms with Gasteiger partial charge in [0, 0.05) is 30.0 Å². The molecule has 1 fully saturated rings. The summed E-state index contributed by atoms with van der Waals surface area (Å²) in [4.78, 5) is 33.8. The molecule has 1 aromatic heterocycles. The number of carbonyl (C=O) groups excluding carboxylic acids is 1. The molecule has 0 radical (unpaired) electrons. The Bertz CT molecular complexity index is 969. The van der Waals surface area contributed by atoms with Gasteiger partial charge in [-0.3, -0.25) is 9.78 Å². The summed E-state index contributed by atoms with van der Waals surface area (Å²) in [6.45, 7) is 2.65. The van der Waals surface area contributed by atoms with E-state index >= 15 is 0 Å². The molecule has 0 saturated carbocycles. The summed E-state index contributed by atoms with van der Waals surface area (Å²) in [5.41, 5.74) is 1.33. The molecule has 7 nitrogen and oxygen atoms in total. The molecule has 2 aliphatic heterocycles. The van der Waals surface area contributed by atoms with Crippen LogP contribution in [0.15, 0.2) is 22.8 Å². The van der Waals surface area contributed by atoms with Crippen molar-refractivity contribution in [3.8, 4) is 0 Å². The number of fused-ring (bicyclic) bond motifs is 5. The van der Waals surface area contributed by atoms with Gasteiger partial charge in [0.1, 0.15) is 5.54 Å². The van der Waals surface area contributed by atoms with E-state index in [2.05, 4.69) is 20.9 Å². The number of benzene rings is 1. The molecular formula is C17H16BrClN4O3. The highest BCUT2D eigenvalue weighted by atomic mass is 79.9. The van der Waals surface area contributed by atoms with E-state index in [9.17, 15) is 14.7 Å². The normalized spacial score (nSPS) is 22.5. The highest BCUT2D eigenvalue weighted by Gasteiger charge is 2.51. The van der Waals surface area contributed by atoms with Crippen LogP contribution in [0.2, 0.25) is 5.02 Å². The van der Waals surface area contributed by atoms with E-state index < -0.39 is 11.6 Å². The van der Waals surface area contributed by atoms with Gasteiger partial charge in [-0.1, -0.05) is 11.6 Å². The van der Waals surface area contributed by atoms with E-state index in [0.717, 1.165) is 21.1 Å². The zero-order valence-electron chi connectivity index (χ0n) is 14.2. The predicted molar refractivity (Wildman–Crippen MR) is 103 cm³/mol. The van der Waals surface area contributed by atoms with Crippen molar-refractivity contribution in [1.29, 1.82) is 0 Å². The third-order valence-electron chi connectivity index (χ3n) is 5.22. The van der Waals surface area contributed by atoms with Crippen LogP contribution in [0, 0.1) is 0 Å². The third kappa shape index (κ3) is 2.28. The summed E-state index contributed by atoms with van der Waals surface area (Å²) in [7, 11) is 1.69. The standard InChI is InChI=1S/C17H16BrClN4O3/c1-17-8-22(16(25)26)3-4-23(17)14-9-5-11(19)10(18)6-12(9)20-7-13(14)21(2)15(17)24/h5-7H,3-4,8H2,1-2H3,(H,25,26). The number of likely N-dealkylation sites (N-methyl/N-ethyl adjacent to an activating group) is 1. The van der Waals surface area contributed by atoms with Crippen molar-refractivity contribution in [2.75, 3.05) is 36.5 Å². The van der Waals surface area contributed by atoms with Gasteiger partial charge in [0.05, 0.1) is 34.7 Å². The molecule has 136 valence electrons. The first kappa shape index (κ1) is 17.4. The van der Waals surface area contributed by atoms with Gasteiger partial charge in [-0.15, -0.1) is 0 Å². The Morgan fingerprint density at radius 1 is 1.38 bits per heavy atom. The first-order valence-electron chi connectivity index (χ1n) is 8.05. The molecule has 2 aromatic rings. The second-order valence-corrected chi connectivity index (χ2v) is 8.03. The number of amides is 2. The molecule has 1 N–H and O–H groups in total. The van der Waals surface area contributed by atoms with E-state index in [4.69, 9.17) is 11.6 Å². The lowest BCUT2D eigenvalue weighted by molar-refractivity contribution is -0.124. The average Bonchev–Trinajstić information content (AvgIpc) is 2.60. The number of piperazine rings is 1. The zero-order chi connectivity index (χ0) is 18.8. The monoisotopic (exact) mass is 438 g/mol. The molecule has 0 aliphatic carbocycles. The zero-order valence-corrected chi connectivity index (χ0v) is 16.5. The maximum Gasteiger partial charge on any atom is 0.407 e. The molecule has 0 spiro atoms. The number of aromatic nitrogens is 1. The summed E-state index contributed by atoms with van der Waals surface area (Å²) in [6.07, 6.45) is 0.665. The number of carbonyl (C=O) groups is 2. The minimum Gasteiger partial charge on any atom is -0.465 e. The van der Waals surface area contributed by atoms with Gasteiger partial charge in [0.25, 0.3) is 5.91 Å². The average molecular weight is 440 g/mol. The fourth-order valence-corrected chi connectivity index (χ4v) is 4.37. The number of nitrogens with zero attached hydrogens (tertiary/aromatic N) is 4. The second kappa shape index (κ2) is 5.72. The number of hydrogen-bond donors (Lipinski definition) is 1. The van der Waals surface area contributed by atoms with Crippen molar-refractivity contribution in [2.45, 2.75) is 12.5 Å². The predicted octanol–water partition coefficient (Wildman–Crippen LogP) is 3.19. The van der Waals surface area contributed by atoms with Crippen LogP contribution < -0.4 is 9.80 Å². The van der Waals surface area contributed by atoms with Gasteiger partial charge in [-0.25, -0.2) is 4.79 Å². The smallest absolute Gasteiger partial charge is 0.407 e. The molecule has 3 heterocycles. The Hall–Kier alpha value is -2.06. The number of anilines is 2. The molecular weight excluding hydrogens is 424 g/mol. The lowest BCUT2D eigenvalue weighted by Gasteiger charge is -2.53. The van der Waals surface area contributed by atoms with Crippen molar-refractivity contribution in [3.05, 3.63) is 27.8 Å². The van der Waals surface area contributed by atoms with Gasteiger partial charge in [0.2, 0.25) is 0 Å². The Balaban J connectivity index is 1.97. The summed E-state index contributed by atoms with van der Waals surface area (Å²) in [5.74, 6) is -0.152. The lowest BCUT2D eigenvalue weighted by Crippen LogP contribution is -2.70. The van der Waals surface area contributed by atoms with E-state index in [1.165, 1.54) is 4.90 Å². The Morgan fingerprint density at radius 2 is 2.12 bits per heavy atom. The highest BCUT2D eigenvalue weighted by Crippen LogP contribution is 2.46. The molecule has 1 atom stereocenters. The molecule has 4 rings (SSSR count). The van der Waals surface area contributed by atoms with Crippen LogP contribution in [0.1, 0.15) is 6.92 Å². The van der Waals surface area contributed by atoms with Gasteiger partial charge < -0.3 is 19.8 Å².